The van der Waals surface area contributed by atoms with Crippen molar-refractivity contribution in [3.8, 4) is 0 Å². The van der Waals surface area contributed by atoms with Crippen molar-refractivity contribution in [3.05, 3.63) is 64.2 Å². The molecule has 0 aromatic heterocycles. The second kappa shape index (κ2) is 7.82. The highest BCUT2D eigenvalue weighted by atomic mass is 35.5. The highest BCUT2D eigenvalue weighted by molar-refractivity contribution is 6.30. The van der Waals surface area contributed by atoms with E-state index in [1.807, 2.05) is 56.3 Å². The maximum absolute atomic E-state index is 11.7. The number of aliphatic hydroxyl groups is 1. The predicted octanol–water partition coefficient (Wildman–Crippen LogP) is 4.56. The van der Waals surface area contributed by atoms with Crippen molar-refractivity contribution in [3.63, 3.8) is 0 Å². The summed E-state index contributed by atoms with van der Waals surface area (Å²) in [5.74, 6) is -0.412. The maximum Gasteiger partial charge on any atom is 0.330 e. The Balaban J connectivity index is 2.23. The lowest BCUT2D eigenvalue weighted by atomic mass is 9.74. The molecule has 0 saturated heterocycles. The number of carbonyl (C=O) groups excluding carboxylic acids is 1. The molecule has 1 aliphatic rings. The second-order valence-corrected chi connectivity index (χ2v) is 6.91. The molecule has 1 aliphatic carbocycles. The number of carbonyl (C=O) groups is 1. The van der Waals surface area contributed by atoms with Crippen LogP contribution in [0.15, 0.2) is 53.6 Å². The Bertz CT molecular complexity index is 681. The Hall–Kier alpha value is -1.84. The van der Waals surface area contributed by atoms with Crippen LogP contribution in [0.2, 0.25) is 5.02 Å². The minimum absolute atomic E-state index is 0.321. The molecular formula is C20H23ClO3. The number of rotatable bonds is 4. The molecule has 0 spiro atoms. The van der Waals surface area contributed by atoms with Crippen molar-refractivity contribution < 1.29 is 14.6 Å². The predicted molar refractivity (Wildman–Crippen MR) is 97.7 cm³/mol. The van der Waals surface area contributed by atoms with E-state index >= 15 is 0 Å². The molecule has 0 amide bonds. The fourth-order valence-electron chi connectivity index (χ4n) is 2.77. The van der Waals surface area contributed by atoms with Crippen LogP contribution >= 0.6 is 11.6 Å². The first kappa shape index (κ1) is 18.5. The van der Waals surface area contributed by atoms with E-state index in [1.54, 1.807) is 6.92 Å². The van der Waals surface area contributed by atoms with Crippen LogP contribution in [0.25, 0.3) is 6.08 Å². The Morgan fingerprint density at radius 1 is 1.33 bits per heavy atom. The van der Waals surface area contributed by atoms with E-state index in [2.05, 4.69) is 0 Å². The Kier molecular flexibility index (Phi) is 6.03. The minimum atomic E-state index is -0.699. The number of benzene rings is 1. The topological polar surface area (TPSA) is 46.5 Å². The summed E-state index contributed by atoms with van der Waals surface area (Å²) >= 11 is 5.89. The summed E-state index contributed by atoms with van der Waals surface area (Å²) in [6.45, 7) is 5.98. The zero-order chi connectivity index (χ0) is 17.7. The van der Waals surface area contributed by atoms with Gasteiger partial charge in [0.2, 0.25) is 0 Å². The molecule has 0 heterocycles. The number of hydrogen-bond acceptors (Lipinski definition) is 3. The van der Waals surface area contributed by atoms with Crippen LogP contribution in [0.5, 0.6) is 0 Å². The van der Waals surface area contributed by atoms with E-state index in [9.17, 15) is 9.90 Å². The number of allylic oxidation sites excluding steroid dienone is 2. The van der Waals surface area contributed by atoms with Crippen molar-refractivity contribution in [2.75, 3.05) is 6.61 Å². The molecule has 4 heteroatoms. The van der Waals surface area contributed by atoms with Gasteiger partial charge < -0.3 is 9.84 Å². The quantitative estimate of drug-likeness (QED) is 0.642. The molecule has 0 radical (unpaired) electrons. The number of esters is 1. The van der Waals surface area contributed by atoms with Gasteiger partial charge in [0, 0.05) is 16.5 Å². The first-order valence-electron chi connectivity index (χ1n) is 8.02. The monoisotopic (exact) mass is 346 g/mol. The van der Waals surface area contributed by atoms with Gasteiger partial charge in [-0.15, -0.1) is 0 Å². The molecule has 1 aromatic carbocycles. The number of ether oxygens (including phenoxy) is 1. The number of halogens is 1. The standard InChI is InChI=1S/C20H23ClO3/c1-4-24-18(22)12-16-11-15(13-20(2,3)19(16)23)6-5-14-7-9-17(21)10-8-14/h5-10,12-13,19,23H,4,11H2,1-3H3/b6-5+,16-12-. The molecular weight excluding hydrogens is 324 g/mol. The highest BCUT2D eigenvalue weighted by Gasteiger charge is 2.33. The number of hydrogen-bond donors (Lipinski definition) is 1. The summed E-state index contributed by atoms with van der Waals surface area (Å²) < 4.78 is 4.96. The van der Waals surface area contributed by atoms with Crippen LogP contribution in [0, 0.1) is 5.41 Å². The van der Waals surface area contributed by atoms with E-state index in [1.165, 1.54) is 6.08 Å². The Morgan fingerprint density at radius 3 is 2.62 bits per heavy atom. The van der Waals surface area contributed by atoms with E-state index < -0.39 is 17.5 Å². The van der Waals surface area contributed by atoms with Gasteiger partial charge in [-0.25, -0.2) is 4.79 Å². The first-order chi connectivity index (χ1) is 11.3. The largest absolute Gasteiger partial charge is 0.463 e. The summed E-state index contributed by atoms with van der Waals surface area (Å²) in [4.78, 5) is 11.7. The molecule has 0 aliphatic heterocycles. The van der Waals surface area contributed by atoms with Crippen molar-refractivity contribution in [2.45, 2.75) is 33.3 Å². The SMILES string of the molecule is CCOC(=O)/C=C1/CC(/C=C/c2ccc(Cl)cc2)=CC(C)(C)C1O. The molecule has 0 bridgehead atoms. The van der Waals surface area contributed by atoms with E-state index in [0.29, 0.717) is 23.6 Å². The minimum Gasteiger partial charge on any atom is -0.463 e. The third kappa shape index (κ3) is 4.83. The van der Waals surface area contributed by atoms with Crippen molar-refractivity contribution in [1.29, 1.82) is 0 Å². The van der Waals surface area contributed by atoms with Crippen molar-refractivity contribution >= 4 is 23.6 Å². The summed E-state index contributed by atoms with van der Waals surface area (Å²) in [7, 11) is 0. The molecule has 3 nitrogen and oxygen atoms in total. The molecule has 1 N–H and O–H groups in total. The molecule has 1 atom stereocenters. The first-order valence-corrected chi connectivity index (χ1v) is 8.40. The summed E-state index contributed by atoms with van der Waals surface area (Å²) in [5, 5.41) is 11.2. The maximum atomic E-state index is 11.7. The number of aliphatic hydroxyl groups excluding tert-OH is 1. The van der Waals surface area contributed by atoms with E-state index in [0.717, 1.165) is 11.1 Å². The normalized spacial score (nSPS) is 21.8. The third-order valence-electron chi connectivity index (χ3n) is 3.97. The zero-order valence-corrected chi connectivity index (χ0v) is 15.0. The summed E-state index contributed by atoms with van der Waals surface area (Å²) in [6, 6.07) is 7.57. The average molecular weight is 347 g/mol. The third-order valence-corrected chi connectivity index (χ3v) is 4.22. The molecule has 0 fully saturated rings. The van der Waals surface area contributed by atoms with Gasteiger partial charge in [-0.3, -0.25) is 0 Å². The van der Waals surface area contributed by atoms with Crippen molar-refractivity contribution in [1.82, 2.24) is 0 Å². The van der Waals surface area contributed by atoms with Crippen LogP contribution in [-0.2, 0) is 9.53 Å². The Labute approximate surface area is 148 Å². The van der Waals surface area contributed by atoms with Crippen LogP contribution in [-0.4, -0.2) is 23.8 Å². The summed E-state index contributed by atoms with van der Waals surface area (Å²) in [6.07, 6.45) is 7.29. The van der Waals surface area contributed by atoms with E-state index in [4.69, 9.17) is 16.3 Å². The fourth-order valence-corrected chi connectivity index (χ4v) is 2.89. The molecule has 24 heavy (non-hydrogen) atoms. The molecule has 1 unspecified atom stereocenters. The van der Waals surface area contributed by atoms with Gasteiger partial charge in [-0.2, -0.15) is 0 Å². The van der Waals surface area contributed by atoms with Crippen LogP contribution < -0.4 is 0 Å². The smallest absolute Gasteiger partial charge is 0.330 e. The lowest BCUT2D eigenvalue weighted by Gasteiger charge is -2.34. The molecule has 2 rings (SSSR count). The van der Waals surface area contributed by atoms with Gasteiger partial charge >= 0.3 is 5.97 Å². The summed E-state index contributed by atoms with van der Waals surface area (Å²) in [5.41, 5.74) is 2.32. The lowest BCUT2D eigenvalue weighted by molar-refractivity contribution is -0.137. The van der Waals surface area contributed by atoms with Gasteiger partial charge in [0.1, 0.15) is 0 Å². The molecule has 1 aromatic rings. The molecule has 0 saturated carbocycles. The fraction of sp³-hybridized carbons (Fsp3) is 0.350. The van der Waals surface area contributed by atoms with Gasteiger partial charge in [0.15, 0.2) is 0 Å². The van der Waals surface area contributed by atoms with Crippen LogP contribution in [0.3, 0.4) is 0 Å². The van der Waals surface area contributed by atoms with Crippen molar-refractivity contribution in [2.24, 2.45) is 5.41 Å². The zero-order valence-electron chi connectivity index (χ0n) is 14.3. The van der Waals surface area contributed by atoms with Gasteiger partial charge in [0.25, 0.3) is 0 Å². The van der Waals surface area contributed by atoms with Crippen LogP contribution in [0.1, 0.15) is 32.8 Å². The van der Waals surface area contributed by atoms with Gasteiger partial charge in [-0.1, -0.05) is 55.8 Å². The van der Waals surface area contributed by atoms with E-state index in [-0.39, 0.29) is 0 Å². The van der Waals surface area contributed by atoms with Gasteiger partial charge in [0.05, 0.1) is 12.7 Å². The average Bonchev–Trinajstić information content (AvgIpc) is 2.51. The van der Waals surface area contributed by atoms with Gasteiger partial charge in [-0.05, 0) is 42.2 Å². The second-order valence-electron chi connectivity index (χ2n) is 6.48. The highest BCUT2D eigenvalue weighted by Crippen LogP contribution is 2.37. The lowest BCUT2D eigenvalue weighted by Crippen LogP contribution is -2.33. The molecule has 128 valence electrons. The Morgan fingerprint density at radius 2 is 2.00 bits per heavy atom. The van der Waals surface area contributed by atoms with Crippen LogP contribution in [0.4, 0.5) is 0 Å².